The molecule has 5 heteroatoms. The fraction of sp³-hybridized carbons (Fsp3) is 0.167. The standard InChI is InChI=1S/C18H17FN2O2/c19-14-6-7-16-13(11-21-17(16)10-14)8-9-20-18(22)12-23-15-4-2-1-3-5-15/h1-7,10-11,21H,8-9,12H2,(H,20,22). The Bertz CT molecular complexity index is 799. The monoisotopic (exact) mass is 312 g/mol. The Morgan fingerprint density at radius 2 is 2.00 bits per heavy atom. The zero-order valence-corrected chi connectivity index (χ0v) is 12.5. The van der Waals surface area contributed by atoms with E-state index in [0.717, 1.165) is 16.5 Å². The number of rotatable bonds is 6. The maximum atomic E-state index is 13.1. The van der Waals surface area contributed by atoms with Gasteiger partial charge in [0.1, 0.15) is 11.6 Å². The average Bonchev–Trinajstić information content (AvgIpc) is 2.96. The van der Waals surface area contributed by atoms with Crippen molar-refractivity contribution in [3.63, 3.8) is 0 Å². The van der Waals surface area contributed by atoms with E-state index in [0.29, 0.717) is 18.7 Å². The van der Waals surface area contributed by atoms with Crippen molar-refractivity contribution < 1.29 is 13.9 Å². The number of H-pyrrole nitrogens is 1. The lowest BCUT2D eigenvalue weighted by Crippen LogP contribution is -2.30. The molecule has 1 amide bonds. The third kappa shape index (κ3) is 3.88. The Morgan fingerprint density at radius 1 is 1.17 bits per heavy atom. The molecule has 0 radical (unpaired) electrons. The van der Waals surface area contributed by atoms with E-state index in [4.69, 9.17) is 4.74 Å². The summed E-state index contributed by atoms with van der Waals surface area (Å²) in [6.07, 6.45) is 2.51. The predicted molar refractivity (Wildman–Crippen MR) is 86.9 cm³/mol. The highest BCUT2D eigenvalue weighted by Gasteiger charge is 2.06. The van der Waals surface area contributed by atoms with E-state index in [-0.39, 0.29) is 18.3 Å². The van der Waals surface area contributed by atoms with Gasteiger partial charge in [-0.2, -0.15) is 0 Å². The first-order chi connectivity index (χ1) is 11.2. The number of halogens is 1. The van der Waals surface area contributed by atoms with Crippen molar-refractivity contribution in [2.75, 3.05) is 13.2 Å². The molecule has 0 aliphatic rings. The van der Waals surface area contributed by atoms with Crippen LogP contribution in [0.25, 0.3) is 10.9 Å². The van der Waals surface area contributed by atoms with Crippen LogP contribution in [-0.2, 0) is 11.2 Å². The smallest absolute Gasteiger partial charge is 0.257 e. The minimum Gasteiger partial charge on any atom is -0.484 e. The number of hydrogen-bond donors (Lipinski definition) is 2. The molecule has 3 rings (SSSR count). The van der Waals surface area contributed by atoms with Gasteiger partial charge in [-0.1, -0.05) is 18.2 Å². The van der Waals surface area contributed by atoms with Crippen LogP contribution in [0.5, 0.6) is 5.75 Å². The Hall–Kier alpha value is -2.82. The lowest BCUT2D eigenvalue weighted by Gasteiger charge is -2.07. The molecule has 0 unspecified atom stereocenters. The lowest BCUT2D eigenvalue weighted by atomic mass is 10.1. The molecule has 0 spiro atoms. The van der Waals surface area contributed by atoms with Crippen LogP contribution in [0.3, 0.4) is 0 Å². The molecule has 2 aromatic carbocycles. The Kier molecular flexibility index (Phi) is 4.57. The zero-order valence-electron chi connectivity index (χ0n) is 12.5. The van der Waals surface area contributed by atoms with Crippen molar-refractivity contribution in [2.24, 2.45) is 0 Å². The van der Waals surface area contributed by atoms with Crippen LogP contribution < -0.4 is 10.1 Å². The molecule has 23 heavy (non-hydrogen) atoms. The second-order valence-corrected chi connectivity index (χ2v) is 5.21. The Morgan fingerprint density at radius 3 is 2.83 bits per heavy atom. The minimum absolute atomic E-state index is 0.0108. The summed E-state index contributed by atoms with van der Waals surface area (Å²) in [7, 11) is 0. The first-order valence-electron chi connectivity index (χ1n) is 7.42. The third-order valence-corrected chi connectivity index (χ3v) is 3.56. The molecular weight excluding hydrogens is 295 g/mol. The van der Waals surface area contributed by atoms with Crippen molar-refractivity contribution in [3.8, 4) is 5.75 Å². The zero-order chi connectivity index (χ0) is 16.1. The van der Waals surface area contributed by atoms with Gasteiger partial charge in [0.25, 0.3) is 5.91 Å². The van der Waals surface area contributed by atoms with Crippen molar-refractivity contribution in [2.45, 2.75) is 6.42 Å². The maximum absolute atomic E-state index is 13.1. The molecule has 4 nitrogen and oxygen atoms in total. The number of nitrogens with one attached hydrogen (secondary N) is 2. The molecular formula is C18H17FN2O2. The van der Waals surface area contributed by atoms with Gasteiger partial charge in [0.15, 0.2) is 6.61 Å². The lowest BCUT2D eigenvalue weighted by molar-refractivity contribution is -0.123. The molecule has 0 bridgehead atoms. The van der Waals surface area contributed by atoms with Gasteiger partial charge in [-0.05, 0) is 42.3 Å². The molecule has 0 saturated carbocycles. The summed E-state index contributed by atoms with van der Waals surface area (Å²) in [5.74, 6) is 0.235. The van der Waals surface area contributed by atoms with Gasteiger partial charge in [0.05, 0.1) is 0 Å². The number of ether oxygens (including phenoxy) is 1. The van der Waals surface area contributed by atoms with Gasteiger partial charge in [0, 0.05) is 23.6 Å². The average molecular weight is 312 g/mol. The summed E-state index contributed by atoms with van der Waals surface area (Å²) in [5.41, 5.74) is 1.81. The van der Waals surface area contributed by atoms with Crippen molar-refractivity contribution in [3.05, 3.63) is 66.1 Å². The highest BCUT2D eigenvalue weighted by molar-refractivity contribution is 5.83. The van der Waals surface area contributed by atoms with E-state index in [2.05, 4.69) is 10.3 Å². The van der Waals surface area contributed by atoms with Crippen LogP contribution in [0.15, 0.2) is 54.7 Å². The minimum atomic E-state index is -0.266. The van der Waals surface area contributed by atoms with Gasteiger partial charge in [-0.15, -0.1) is 0 Å². The topological polar surface area (TPSA) is 54.1 Å². The molecule has 0 aliphatic carbocycles. The van der Waals surface area contributed by atoms with Crippen molar-refractivity contribution in [1.29, 1.82) is 0 Å². The normalized spacial score (nSPS) is 10.7. The van der Waals surface area contributed by atoms with Crippen molar-refractivity contribution in [1.82, 2.24) is 10.3 Å². The highest BCUT2D eigenvalue weighted by Crippen LogP contribution is 2.19. The number of para-hydroxylation sites is 1. The largest absolute Gasteiger partial charge is 0.484 e. The van der Waals surface area contributed by atoms with Crippen LogP contribution >= 0.6 is 0 Å². The van der Waals surface area contributed by atoms with Crippen LogP contribution in [-0.4, -0.2) is 24.0 Å². The number of benzene rings is 2. The second kappa shape index (κ2) is 6.96. The molecule has 0 atom stereocenters. The quantitative estimate of drug-likeness (QED) is 0.735. The van der Waals surface area contributed by atoms with Gasteiger partial charge < -0.3 is 15.0 Å². The van der Waals surface area contributed by atoms with Gasteiger partial charge >= 0.3 is 0 Å². The first-order valence-corrected chi connectivity index (χ1v) is 7.42. The Balaban J connectivity index is 1.47. The number of carbonyl (C=O) groups excluding carboxylic acids is 1. The summed E-state index contributed by atoms with van der Waals surface area (Å²) in [6.45, 7) is 0.490. The summed E-state index contributed by atoms with van der Waals surface area (Å²) in [6, 6.07) is 13.9. The summed E-state index contributed by atoms with van der Waals surface area (Å²) < 4.78 is 18.5. The van der Waals surface area contributed by atoms with E-state index >= 15 is 0 Å². The molecule has 118 valence electrons. The first kappa shape index (κ1) is 15.1. The Labute approximate surface area is 133 Å². The highest BCUT2D eigenvalue weighted by atomic mass is 19.1. The van der Waals surface area contributed by atoms with Gasteiger partial charge in [-0.3, -0.25) is 4.79 Å². The SMILES string of the molecule is O=C(COc1ccccc1)NCCc1c[nH]c2cc(F)ccc12. The van der Waals surface area contributed by atoms with E-state index in [9.17, 15) is 9.18 Å². The molecule has 3 aromatic rings. The molecule has 0 saturated heterocycles. The number of aromatic nitrogens is 1. The molecule has 1 heterocycles. The fourth-order valence-electron chi connectivity index (χ4n) is 2.42. The fourth-order valence-corrected chi connectivity index (χ4v) is 2.42. The number of aromatic amines is 1. The number of hydrogen-bond acceptors (Lipinski definition) is 2. The van der Waals surface area contributed by atoms with E-state index in [1.807, 2.05) is 24.4 Å². The molecule has 1 aromatic heterocycles. The number of amides is 1. The van der Waals surface area contributed by atoms with Gasteiger partial charge in [0.2, 0.25) is 0 Å². The summed E-state index contributed by atoms with van der Waals surface area (Å²) in [4.78, 5) is 14.8. The van der Waals surface area contributed by atoms with Crippen molar-refractivity contribution >= 4 is 16.8 Å². The van der Waals surface area contributed by atoms with E-state index < -0.39 is 0 Å². The number of carbonyl (C=O) groups is 1. The molecule has 0 fully saturated rings. The summed E-state index contributed by atoms with van der Waals surface area (Å²) in [5, 5.41) is 3.79. The van der Waals surface area contributed by atoms with Crippen LogP contribution in [0.2, 0.25) is 0 Å². The van der Waals surface area contributed by atoms with Crippen LogP contribution in [0.1, 0.15) is 5.56 Å². The second-order valence-electron chi connectivity index (χ2n) is 5.21. The van der Waals surface area contributed by atoms with Crippen LogP contribution in [0, 0.1) is 5.82 Å². The van der Waals surface area contributed by atoms with Crippen LogP contribution in [0.4, 0.5) is 4.39 Å². The predicted octanol–water partition coefficient (Wildman–Crippen LogP) is 3.04. The third-order valence-electron chi connectivity index (χ3n) is 3.56. The maximum Gasteiger partial charge on any atom is 0.257 e. The van der Waals surface area contributed by atoms with E-state index in [1.54, 1.807) is 18.2 Å². The summed E-state index contributed by atoms with van der Waals surface area (Å²) >= 11 is 0. The molecule has 2 N–H and O–H groups in total. The van der Waals surface area contributed by atoms with Gasteiger partial charge in [-0.25, -0.2) is 4.39 Å². The molecule has 0 aliphatic heterocycles. The van der Waals surface area contributed by atoms with E-state index in [1.165, 1.54) is 12.1 Å². The number of fused-ring (bicyclic) bond motifs is 1.